The number of hydrogen-bond donors (Lipinski definition) is 0. The van der Waals surface area contributed by atoms with E-state index in [2.05, 4.69) is 31.8 Å². The molecule has 1 aromatic rings. The molecule has 13 heavy (non-hydrogen) atoms. The molecule has 2 heteroatoms. The highest BCUT2D eigenvalue weighted by molar-refractivity contribution is 5.33. The fourth-order valence-corrected chi connectivity index (χ4v) is 1.39. The summed E-state index contributed by atoms with van der Waals surface area (Å²) in [6, 6.07) is 3.95. The van der Waals surface area contributed by atoms with E-state index in [-0.39, 0.29) is 0 Å². The lowest BCUT2D eigenvalue weighted by molar-refractivity contribution is 0.836. The van der Waals surface area contributed by atoms with Crippen LogP contribution in [0.5, 0.6) is 0 Å². The zero-order chi connectivity index (χ0) is 9.84. The highest BCUT2D eigenvalue weighted by Gasteiger charge is 2.06. The minimum Gasteiger partial charge on any atom is -0.245 e. The first-order valence-electron chi connectivity index (χ1n) is 4.58. The second kappa shape index (κ2) is 4.04. The van der Waals surface area contributed by atoms with E-state index in [1.165, 1.54) is 11.1 Å². The molecule has 1 aromatic heterocycles. The Morgan fingerprint density at radius 2 is 2.23 bits per heavy atom. The van der Waals surface area contributed by atoms with E-state index in [1.54, 1.807) is 0 Å². The maximum Gasteiger partial charge on any atom is 0.140 e. The molecule has 0 atom stereocenters. The van der Waals surface area contributed by atoms with Crippen LogP contribution in [-0.4, -0.2) is 4.98 Å². The van der Waals surface area contributed by atoms with E-state index in [0.717, 1.165) is 6.42 Å². The first-order valence-corrected chi connectivity index (χ1v) is 4.58. The third-order valence-corrected chi connectivity index (χ3v) is 2.14. The van der Waals surface area contributed by atoms with Gasteiger partial charge in [0.1, 0.15) is 11.8 Å². The van der Waals surface area contributed by atoms with Gasteiger partial charge in [-0.2, -0.15) is 5.26 Å². The van der Waals surface area contributed by atoms with E-state index in [9.17, 15) is 0 Å². The summed E-state index contributed by atoms with van der Waals surface area (Å²) in [6.45, 7) is 6.38. The molecule has 0 bridgehead atoms. The molecule has 0 aliphatic rings. The third-order valence-electron chi connectivity index (χ3n) is 2.14. The van der Waals surface area contributed by atoms with Gasteiger partial charge in [-0.05, 0) is 29.5 Å². The summed E-state index contributed by atoms with van der Waals surface area (Å²) in [6.07, 6.45) is 2.79. The molecule has 1 rings (SSSR count). The molecule has 0 unspecified atom stereocenters. The van der Waals surface area contributed by atoms with Gasteiger partial charge in [-0.25, -0.2) is 4.98 Å². The fraction of sp³-hybridized carbons (Fsp3) is 0.455. The van der Waals surface area contributed by atoms with Crippen molar-refractivity contribution in [2.75, 3.05) is 0 Å². The van der Waals surface area contributed by atoms with Gasteiger partial charge < -0.3 is 0 Å². The van der Waals surface area contributed by atoms with Crippen molar-refractivity contribution < 1.29 is 0 Å². The highest BCUT2D eigenvalue weighted by Crippen LogP contribution is 2.19. The van der Waals surface area contributed by atoms with Gasteiger partial charge in [-0.15, -0.1) is 0 Å². The lowest BCUT2D eigenvalue weighted by Crippen LogP contribution is -1.98. The number of rotatable bonds is 2. The van der Waals surface area contributed by atoms with E-state index < -0.39 is 0 Å². The summed E-state index contributed by atoms with van der Waals surface area (Å²) >= 11 is 0. The van der Waals surface area contributed by atoms with Crippen molar-refractivity contribution in [2.45, 2.75) is 33.1 Å². The molecule has 68 valence electrons. The van der Waals surface area contributed by atoms with Gasteiger partial charge in [0.05, 0.1) is 0 Å². The summed E-state index contributed by atoms with van der Waals surface area (Å²) in [5.74, 6) is 0.463. The minimum atomic E-state index is 0.463. The molecule has 0 saturated carbocycles. The highest BCUT2D eigenvalue weighted by atomic mass is 14.7. The minimum absolute atomic E-state index is 0.463. The maximum atomic E-state index is 8.69. The smallest absolute Gasteiger partial charge is 0.140 e. The molecule has 0 saturated heterocycles. The van der Waals surface area contributed by atoms with Crippen molar-refractivity contribution in [3.63, 3.8) is 0 Å². The van der Waals surface area contributed by atoms with E-state index in [1.807, 2.05) is 12.3 Å². The number of aryl methyl sites for hydroxylation is 1. The molecule has 0 amide bonds. The summed E-state index contributed by atoms with van der Waals surface area (Å²) < 4.78 is 0. The second-order valence-electron chi connectivity index (χ2n) is 3.39. The quantitative estimate of drug-likeness (QED) is 0.691. The first kappa shape index (κ1) is 9.73. The van der Waals surface area contributed by atoms with Crippen LogP contribution in [0, 0.1) is 11.3 Å². The average Bonchev–Trinajstić information content (AvgIpc) is 2.16. The maximum absolute atomic E-state index is 8.69. The largest absolute Gasteiger partial charge is 0.245 e. The Kier molecular flexibility index (Phi) is 3.02. The molecule has 0 aromatic carbocycles. The van der Waals surface area contributed by atoms with Crippen LogP contribution in [0.4, 0.5) is 0 Å². The molecule has 2 nitrogen and oxygen atoms in total. The molecular weight excluding hydrogens is 160 g/mol. The monoisotopic (exact) mass is 174 g/mol. The summed E-state index contributed by atoms with van der Waals surface area (Å²) in [5.41, 5.74) is 3.00. The fourth-order valence-electron chi connectivity index (χ4n) is 1.39. The van der Waals surface area contributed by atoms with Gasteiger partial charge in [0.2, 0.25) is 0 Å². The summed E-state index contributed by atoms with van der Waals surface area (Å²) in [7, 11) is 0. The molecule has 0 radical (unpaired) electrons. The normalized spacial score (nSPS) is 10.1. The van der Waals surface area contributed by atoms with Crippen LogP contribution in [0.2, 0.25) is 0 Å². The van der Waals surface area contributed by atoms with Gasteiger partial charge in [-0.1, -0.05) is 20.8 Å². The topological polar surface area (TPSA) is 36.7 Å². The average molecular weight is 174 g/mol. The first-order chi connectivity index (χ1) is 6.19. The number of nitriles is 1. The lowest BCUT2D eigenvalue weighted by Gasteiger charge is -2.10. The van der Waals surface area contributed by atoms with Crippen LogP contribution >= 0.6 is 0 Å². The van der Waals surface area contributed by atoms with Crippen molar-refractivity contribution in [3.8, 4) is 6.07 Å². The Morgan fingerprint density at radius 3 is 2.69 bits per heavy atom. The van der Waals surface area contributed by atoms with Crippen LogP contribution in [0.3, 0.4) is 0 Å². The summed E-state index contributed by atoms with van der Waals surface area (Å²) in [5, 5.41) is 8.69. The van der Waals surface area contributed by atoms with E-state index >= 15 is 0 Å². The van der Waals surface area contributed by atoms with Crippen LogP contribution in [0.15, 0.2) is 12.3 Å². The SMILES string of the molecule is CCc1cnc(C#N)cc1C(C)C. The second-order valence-corrected chi connectivity index (χ2v) is 3.39. The van der Waals surface area contributed by atoms with Gasteiger partial charge in [0, 0.05) is 6.20 Å². The molecule has 1 heterocycles. The summed E-state index contributed by atoms with van der Waals surface area (Å²) in [4.78, 5) is 4.05. The predicted octanol–water partition coefficient (Wildman–Crippen LogP) is 2.64. The molecule has 0 aliphatic heterocycles. The van der Waals surface area contributed by atoms with Crippen LogP contribution < -0.4 is 0 Å². The van der Waals surface area contributed by atoms with Gasteiger partial charge in [0.25, 0.3) is 0 Å². The lowest BCUT2D eigenvalue weighted by atomic mass is 9.97. The predicted molar refractivity (Wildman–Crippen MR) is 52.4 cm³/mol. The Labute approximate surface area is 79.2 Å². The van der Waals surface area contributed by atoms with Crippen molar-refractivity contribution in [1.82, 2.24) is 4.98 Å². The number of hydrogen-bond acceptors (Lipinski definition) is 2. The van der Waals surface area contributed by atoms with Crippen LogP contribution in [0.1, 0.15) is 43.5 Å². The molecule has 0 aliphatic carbocycles. The van der Waals surface area contributed by atoms with Crippen molar-refractivity contribution in [1.29, 1.82) is 5.26 Å². The van der Waals surface area contributed by atoms with Crippen LogP contribution in [-0.2, 0) is 6.42 Å². The zero-order valence-electron chi connectivity index (χ0n) is 8.33. The third kappa shape index (κ3) is 2.06. The van der Waals surface area contributed by atoms with E-state index in [4.69, 9.17) is 5.26 Å². The van der Waals surface area contributed by atoms with Gasteiger partial charge >= 0.3 is 0 Å². The Bertz CT molecular complexity index is 334. The molecular formula is C11H14N2. The van der Waals surface area contributed by atoms with E-state index in [0.29, 0.717) is 11.6 Å². The van der Waals surface area contributed by atoms with Gasteiger partial charge in [0.15, 0.2) is 0 Å². The zero-order valence-corrected chi connectivity index (χ0v) is 8.33. The van der Waals surface area contributed by atoms with Crippen molar-refractivity contribution >= 4 is 0 Å². The number of nitrogens with zero attached hydrogens (tertiary/aromatic N) is 2. The van der Waals surface area contributed by atoms with Crippen molar-refractivity contribution in [3.05, 3.63) is 29.1 Å². The Morgan fingerprint density at radius 1 is 1.54 bits per heavy atom. The van der Waals surface area contributed by atoms with Crippen molar-refractivity contribution in [2.24, 2.45) is 0 Å². The van der Waals surface area contributed by atoms with Gasteiger partial charge in [-0.3, -0.25) is 0 Å². The number of pyridine rings is 1. The molecule has 0 spiro atoms. The van der Waals surface area contributed by atoms with Crippen LogP contribution in [0.25, 0.3) is 0 Å². The molecule has 0 N–H and O–H groups in total. The Hall–Kier alpha value is -1.36. The molecule has 0 fully saturated rings. The number of aromatic nitrogens is 1. The Balaban J connectivity index is 3.20. The standard InChI is InChI=1S/C11H14N2/c1-4-9-7-13-10(6-12)5-11(9)8(2)3/h5,7-8H,4H2,1-3H3.